The van der Waals surface area contributed by atoms with E-state index in [2.05, 4.69) is 79.4 Å². The number of benzene rings is 2. The highest BCUT2D eigenvalue weighted by atomic mass is 16.5. The van der Waals surface area contributed by atoms with Crippen LogP contribution in [0.5, 0.6) is 5.75 Å². The third-order valence-electron chi connectivity index (χ3n) is 10.3. The summed E-state index contributed by atoms with van der Waals surface area (Å²) < 4.78 is 12.6. The van der Waals surface area contributed by atoms with E-state index >= 15 is 0 Å². The topological polar surface area (TPSA) is 73.7 Å². The third-order valence-corrected chi connectivity index (χ3v) is 10.3. The summed E-state index contributed by atoms with van der Waals surface area (Å²) in [6.45, 7) is 9.41. The van der Waals surface area contributed by atoms with E-state index in [0.717, 1.165) is 86.9 Å². The van der Waals surface area contributed by atoms with Crippen LogP contribution in [-0.2, 0) is 14.3 Å². The minimum Gasteiger partial charge on any atom is -0.496 e. The van der Waals surface area contributed by atoms with Crippen molar-refractivity contribution in [1.82, 2.24) is 9.78 Å². The van der Waals surface area contributed by atoms with Gasteiger partial charge in [0.25, 0.3) is 0 Å². The first-order valence-corrected chi connectivity index (χ1v) is 17.5. The number of hydrogen-bond acceptors (Lipinski definition) is 5. The van der Waals surface area contributed by atoms with Crippen molar-refractivity contribution in [3.63, 3.8) is 0 Å². The zero-order valence-electron chi connectivity index (χ0n) is 28.5. The summed E-state index contributed by atoms with van der Waals surface area (Å²) in [4.78, 5) is 28.4. The fourth-order valence-electron chi connectivity index (χ4n) is 7.51. The number of esters is 1. The second kappa shape index (κ2) is 15.8. The van der Waals surface area contributed by atoms with Crippen molar-refractivity contribution in [3.8, 4) is 16.9 Å². The van der Waals surface area contributed by atoms with Crippen LogP contribution in [0.25, 0.3) is 11.1 Å². The Kier molecular flexibility index (Phi) is 11.6. The monoisotopic (exact) mass is 627 g/mol. The van der Waals surface area contributed by atoms with Crippen molar-refractivity contribution in [2.75, 3.05) is 25.2 Å². The van der Waals surface area contributed by atoms with Crippen LogP contribution >= 0.6 is 0 Å². The molecule has 1 amide bonds. The molecule has 46 heavy (non-hydrogen) atoms. The number of rotatable bonds is 12. The second-order valence-corrected chi connectivity index (χ2v) is 13.8. The lowest BCUT2D eigenvalue weighted by Crippen LogP contribution is -2.41. The molecule has 0 saturated heterocycles. The van der Waals surface area contributed by atoms with E-state index in [-0.39, 0.29) is 17.8 Å². The van der Waals surface area contributed by atoms with Crippen LogP contribution in [0, 0.1) is 24.7 Å². The van der Waals surface area contributed by atoms with Gasteiger partial charge in [0.2, 0.25) is 5.91 Å². The van der Waals surface area contributed by atoms with Crippen LogP contribution in [0.3, 0.4) is 0 Å². The molecule has 1 heterocycles. The fraction of sp³-hybridized carbons (Fsp3) is 0.564. The first-order valence-electron chi connectivity index (χ1n) is 17.5. The van der Waals surface area contributed by atoms with Gasteiger partial charge in [0.15, 0.2) is 0 Å². The van der Waals surface area contributed by atoms with Gasteiger partial charge in [-0.05, 0) is 138 Å². The standard InChI is InChI=1S/C39H53N3O4/c1-6-46-38(43)21-14-29-10-17-32(18-11-29)39(44)41(36-9-7-8-33(23-36)35-24-40-42(26-35)27(2)3)25-30-12-15-31(16-13-30)34-19-20-37(45-5)28(4)22-34/h7-9,19-20,22-24,26-27,29-32H,6,10-18,21,25H2,1-5H3. The summed E-state index contributed by atoms with van der Waals surface area (Å²) >= 11 is 0. The van der Waals surface area contributed by atoms with Gasteiger partial charge in [-0.25, -0.2) is 0 Å². The average Bonchev–Trinajstić information content (AvgIpc) is 3.58. The van der Waals surface area contributed by atoms with Crippen molar-refractivity contribution in [2.45, 2.75) is 104 Å². The number of ether oxygens (including phenoxy) is 2. The lowest BCUT2D eigenvalue weighted by Gasteiger charge is -2.36. The molecule has 7 nitrogen and oxygen atoms in total. The molecule has 2 aliphatic carbocycles. The minimum absolute atomic E-state index is 0.0183. The highest BCUT2D eigenvalue weighted by Gasteiger charge is 2.33. The number of nitrogens with zero attached hydrogens (tertiary/aromatic N) is 3. The van der Waals surface area contributed by atoms with E-state index in [1.807, 2.05) is 17.8 Å². The molecule has 0 spiro atoms. The fourth-order valence-corrected chi connectivity index (χ4v) is 7.51. The Morgan fingerprint density at radius 3 is 2.35 bits per heavy atom. The predicted octanol–water partition coefficient (Wildman–Crippen LogP) is 8.90. The van der Waals surface area contributed by atoms with Gasteiger partial charge in [0.05, 0.1) is 19.9 Å². The molecule has 2 fully saturated rings. The molecule has 248 valence electrons. The lowest BCUT2D eigenvalue weighted by molar-refractivity contribution is -0.143. The molecule has 2 aliphatic rings. The maximum atomic E-state index is 14.4. The molecular weight excluding hydrogens is 574 g/mol. The number of aryl methyl sites for hydroxylation is 1. The van der Waals surface area contributed by atoms with E-state index in [4.69, 9.17) is 9.47 Å². The Balaban J connectivity index is 1.29. The molecular formula is C39H53N3O4. The average molecular weight is 628 g/mol. The van der Waals surface area contributed by atoms with E-state index in [1.165, 1.54) is 11.1 Å². The smallest absolute Gasteiger partial charge is 0.305 e. The van der Waals surface area contributed by atoms with Crippen LogP contribution in [0.4, 0.5) is 5.69 Å². The Hall–Kier alpha value is -3.61. The van der Waals surface area contributed by atoms with Gasteiger partial charge in [0.1, 0.15) is 5.75 Å². The second-order valence-electron chi connectivity index (χ2n) is 13.8. The molecule has 0 unspecified atom stereocenters. The molecule has 0 bridgehead atoms. The SMILES string of the molecule is CCOC(=O)CCC1CCC(C(=O)N(CC2CCC(c3ccc(OC)c(C)c3)CC2)c2cccc(-c3cnn(C(C)C)c3)c2)CC1. The Morgan fingerprint density at radius 2 is 1.70 bits per heavy atom. The quantitative estimate of drug-likeness (QED) is 0.188. The molecule has 7 heteroatoms. The highest BCUT2D eigenvalue weighted by molar-refractivity contribution is 5.95. The summed E-state index contributed by atoms with van der Waals surface area (Å²) in [6.07, 6.45) is 13.6. The number of methoxy groups -OCH3 is 1. The Labute approximate surface area is 275 Å². The van der Waals surface area contributed by atoms with Gasteiger partial charge < -0.3 is 14.4 Å². The van der Waals surface area contributed by atoms with Crippen molar-refractivity contribution < 1.29 is 19.1 Å². The van der Waals surface area contributed by atoms with Crippen molar-refractivity contribution in [1.29, 1.82) is 0 Å². The molecule has 2 aromatic carbocycles. The number of carbonyl (C=O) groups is 2. The molecule has 0 N–H and O–H groups in total. The molecule has 3 aromatic rings. The van der Waals surface area contributed by atoms with Crippen LogP contribution in [0.1, 0.15) is 108 Å². The van der Waals surface area contributed by atoms with Gasteiger partial charge >= 0.3 is 5.97 Å². The number of carbonyl (C=O) groups excluding carboxylic acids is 2. The van der Waals surface area contributed by atoms with Gasteiger partial charge in [0, 0.05) is 42.4 Å². The van der Waals surface area contributed by atoms with E-state index in [0.29, 0.717) is 36.8 Å². The minimum atomic E-state index is -0.109. The van der Waals surface area contributed by atoms with Gasteiger partial charge in [-0.2, -0.15) is 5.10 Å². The lowest BCUT2D eigenvalue weighted by atomic mass is 9.77. The first kappa shape index (κ1) is 33.7. The largest absolute Gasteiger partial charge is 0.496 e. The zero-order chi connectivity index (χ0) is 32.6. The summed E-state index contributed by atoms with van der Waals surface area (Å²) in [7, 11) is 1.73. The van der Waals surface area contributed by atoms with Crippen molar-refractivity contribution in [3.05, 3.63) is 66.0 Å². The maximum Gasteiger partial charge on any atom is 0.305 e. The Bertz CT molecular complexity index is 1450. The number of anilines is 1. The van der Waals surface area contributed by atoms with E-state index in [9.17, 15) is 9.59 Å². The normalized spacial score (nSPS) is 21.6. The maximum absolute atomic E-state index is 14.4. The van der Waals surface area contributed by atoms with E-state index in [1.54, 1.807) is 7.11 Å². The summed E-state index contributed by atoms with van der Waals surface area (Å²) in [6, 6.07) is 15.4. The van der Waals surface area contributed by atoms with Crippen molar-refractivity contribution >= 4 is 17.6 Å². The van der Waals surface area contributed by atoms with Crippen LogP contribution in [-0.4, -0.2) is 41.9 Å². The number of hydrogen-bond donors (Lipinski definition) is 0. The molecule has 5 rings (SSSR count). The molecule has 0 aliphatic heterocycles. The molecule has 0 radical (unpaired) electrons. The zero-order valence-corrected chi connectivity index (χ0v) is 28.5. The van der Waals surface area contributed by atoms with Gasteiger partial charge in [-0.15, -0.1) is 0 Å². The Morgan fingerprint density at radius 1 is 0.957 bits per heavy atom. The summed E-state index contributed by atoms with van der Waals surface area (Å²) in [5.41, 5.74) is 5.73. The molecule has 2 saturated carbocycles. The van der Waals surface area contributed by atoms with Crippen LogP contribution < -0.4 is 9.64 Å². The summed E-state index contributed by atoms with van der Waals surface area (Å²) in [5.74, 6) is 2.61. The van der Waals surface area contributed by atoms with Crippen LogP contribution in [0.15, 0.2) is 54.9 Å². The van der Waals surface area contributed by atoms with Gasteiger partial charge in [-0.1, -0.05) is 24.3 Å². The predicted molar refractivity (Wildman–Crippen MR) is 184 cm³/mol. The molecule has 1 aromatic heterocycles. The van der Waals surface area contributed by atoms with Crippen molar-refractivity contribution in [2.24, 2.45) is 17.8 Å². The number of amides is 1. The van der Waals surface area contributed by atoms with Crippen LogP contribution in [0.2, 0.25) is 0 Å². The molecule has 0 atom stereocenters. The first-order chi connectivity index (χ1) is 22.2. The van der Waals surface area contributed by atoms with Gasteiger partial charge in [-0.3, -0.25) is 14.3 Å². The number of aromatic nitrogens is 2. The van der Waals surface area contributed by atoms with E-state index < -0.39 is 0 Å². The highest BCUT2D eigenvalue weighted by Crippen LogP contribution is 2.39. The summed E-state index contributed by atoms with van der Waals surface area (Å²) in [5, 5.41) is 4.56. The third kappa shape index (κ3) is 8.40.